The lowest BCUT2D eigenvalue weighted by molar-refractivity contribution is -0.147. The number of anilines is 2. The highest BCUT2D eigenvalue weighted by atomic mass is 19.4. The van der Waals surface area contributed by atoms with Crippen molar-refractivity contribution in [3.05, 3.63) is 72.1 Å². The van der Waals surface area contributed by atoms with Gasteiger partial charge in [-0.3, -0.25) is 14.7 Å². The van der Waals surface area contributed by atoms with E-state index in [2.05, 4.69) is 16.4 Å². The van der Waals surface area contributed by atoms with Gasteiger partial charge in [0.25, 0.3) is 0 Å². The van der Waals surface area contributed by atoms with Gasteiger partial charge in [-0.05, 0) is 74.7 Å². The highest BCUT2D eigenvalue weighted by Gasteiger charge is 2.32. The van der Waals surface area contributed by atoms with Crippen molar-refractivity contribution >= 4 is 28.5 Å². The molecule has 2 aromatic heterocycles. The number of hydrogen-bond donors (Lipinski definition) is 1. The van der Waals surface area contributed by atoms with Crippen LogP contribution < -0.4 is 10.1 Å². The fourth-order valence-corrected chi connectivity index (χ4v) is 5.04. The Morgan fingerprint density at radius 3 is 2.59 bits per heavy atom. The Labute approximate surface area is 224 Å². The predicted molar refractivity (Wildman–Crippen MR) is 144 cm³/mol. The average molecular weight is 538 g/mol. The van der Waals surface area contributed by atoms with Crippen LogP contribution in [0.3, 0.4) is 0 Å². The van der Waals surface area contributed by atoms with Crippen molar-refractivity contribution in [2.45, 2.75) is 38.3 Å². The van der Waals surface area contributed by atoms with Crippen molar-refractivity contribution < 1.29 is 22.7 Å². The van der Waals surface area contributed by atoms with Gasteiger partial charge < -0.3 is 14.6 Å². The number of benzene rings is 2. The molecule has 1 aliphatic heterocycles. The maximum Gasteiger partial charge on any atom is 0.401 e. The van der Waals surface area contributed by atoms with Gasteiger partial charge in [-0.15, -0.1) is 0 Å². The number of fused-ring (bicyclic) bond motifs is 1. The van der Waals surface area contributed by atoms with Crippen LogP contribution in [0.4, 0.5) is 24.8 Å². The number of carbonyl (C=O) groups excluding carboxylic acids is 1. The number of alkyl halides is 3. The number of imidazole rings is 1. The molecule has 5 rings (SSSR count). The smallest absolute Gasteiger partial charge is 0.401 e. The summed E-state index contributed by atoms with van der Waals surface area (Å²) in [4.78, 5) is 21.9. The number of likely N-dealkylation sites (tertiary alicyclic amines) is 1. The molecule has 0 bridgehead atoms. The highest BCUT2D eigenvalue weighted by Crippen LogP contribution is 2.32. The quantitative estimate of drug-likeness (QED) is 0.281. The molecular weight excluding hydrogens is 507 g/mol. The number of hydrogen-bond acceptors (Lipinski definition) is 6. The van der Waals surface area contributed by atoms with Gasteiger partial charge >= 0.3 is 6.18 Å². The van der Waals surface area contributed by atoms with Crippen LogP contribution in [-0.2, 0) is 18.3 Å². The topological polar surface area (TPSA) is 72.3 Å². The number of piperidine rings is 1. The Morgan fingerprint density at radius 2 is 1.85 bits per heavy atom. The lowest BCUT2D eigenvalue weighted by Gasteiger charge is -2.32. The molecule has 1 N–H and O–H groups in total. The minimum Gasteiger partial charge on any atom is -0.457 e. The lowest BCUT2D eigenvalue weighted by Crippen LogP contribution is -2.39. The average Bonchev–Trinajstić information content (AvgIpc) is 3.17. The van der Waals surface area contributed by atoms with Crippen LogP contribution in [0.15, 0.2) is 60.8 Å². The number of halogens is 3. The van der Waals surface area contributed by atoms with Gasteiger partial charge in [0, 0.05) is 37.5 Å². The second-order valence-corrected chi connectivity index (χ2v) is 10.0. The van der Waals surface area contributed by atoms with Crippen molar-refractivity contribution in [1.82, 2.24) is 19.4 Å². The molecule has 204 valence electrons. The van der Waals surface area contributed by atoms with Crippen molar-refractivity contribution in [2.75, 3.05) is 25.0 Å². The van der Waals surface area contributed by atoms with Crippen molar-refractivity contribution in [1.29, 1.82) is 0 Å². The van der Waals surface area contributed by atoms with E-state index < -0.39 is 12.7 Å². The maximum atomic E-state index is 12.7. The van der Waals surface area contributed by atoms with Gasteiger partial charge in [-0.25, -0.2) is 4.98 Å². The number of rotatable bonds is 8. The van der Waals surface area contributed by atoms with Gasteiger partial charge in [-0.1, -0.05) is 12.1 Å². The molecule has 0 atom stereocenters. The van der Waals surface area contributed by atoms with E-state index in [-0.39, 0.29) is 18.1 Å². The van der Waals surface area contributed by atoms with Crippen LogP contribution in [0.2, 0.25) is 0 Å². The van der Waals surface area contributed by atoms with Crippen LogP contribution in [0.1, 0.15) is 36.9 Å². The Bertz CT molecular complexity index is 1480. The number of nitrogens with one attached hydrogen (secondary N) is 1. The van der Waals surface area contributed by atoms with E-state index in [1.165, 1.54) is 11.8 Å². The molecule has 1 fully saturated rings. The number of aromatic nitrogens is 3. The number of ether oxygens (including phenoxy) is 1. The zero-order chi connectivity index (χ0) is 27.6. The third-order valence-electron chi connectivity index (χ3n) is 6.91. The minimum absolute atomic E-state index is 0.0337. The summed E-state index contributed by atoms with van der Waals surface area (Å²) in [5.41, 5.74) is 4.31. The molecule has 0 saturated carbocycles. The van der Waals surface area contributed by atoms with Gasteiger partial charge in [0.05, 0.1) is 23.3 Å². The summed E-state index contributed by atoms with van der Waals surface area (Å²) in [5, 5.41) is 3.39. The molecule has 3 heterocycles. The Kier molecular flexibility index (Phi) is 7.56. The molecule has 0 amide bonds. The number of pyridine rings is 1. The molecule has 4 aromatic rings. The first-order valence-electron chi connectivity index (χ1n) is 12.9. The summed E-state index contributed by atoms with van der Waals surface area (Å²) in [6, 6.07) is 17.2. The highest BCUT2D eigenvalue weighted by molar-refractivity contribution is 5.81. The van der Waals surface area contributed by atoms with E-state index in [9.17, 15) is 18.0 Å². The van der Waals surface area contributed by atoms with Crippen LogP contribution in [0, 0.1) is 0 Å². The standard InChI is InChI=1S/C29H30F3N5O2/c1-19(38)14-23-16-25(8-11-33-23)39-24-6-7-27-26(17-24)35-28(36(27)2)34-22-5-3-4-21(15-22)20-9-12-37(13-10-20)18-29(30,31)32/h3-8,11,15-17,20H,9-10,12-14,18H2,1-2H3,(H,34,35). The summed E-state index contributed by atoms with van der Waals surface area (Å²) < 4.78 is 46.1. The molecule has 7 nitrogen and oxygen atoms in total. The van der Waals surface area contributed by atoms with E-state index in [1.54, 1.807) is 18.3 Å². The summed E-state index contributed by atoms with van der Waals surface area (Å²) in [7, 11) is 1.93. The van der Waals surface area contributed by atoms with Crippen molar-refractivity contribution in [3.8, 4) is 11.5 Å². The molecule has 0 spiro atoms. The number of ketones is 1. The van der Waals surface area contributed by atoms with E-state index in [1.807, 2.05) is 48.0 Å². The molecule has 0 radical (unpaired) electrons. The van der Waals surface area contributed by atoms with Crippen LogP contribution in [0.5, 0.6) is 11.5 Å². The lowest BCUT2D eigenvalue weighted by atomic mass is 9.89. The molecule has 2 aromatic carbocycles. The second-order valence-electron chi connectivity index (χ2n) is 10.0. The third-order valence-corrected chi connectivity index (χ3v) is 6.91. The first-order chi connectivity index (χ1) is 18.6. The number of nitrogens with zero attached hydrogens (tertiary/aromatic N) is 4. The minimum atomic E-state index is -4.16. The van der Waals surface area contributed by atoms with Gasteiger partial charge in [0.1, 0.15) is 17.3 Å². The molecule has 10 heteroatoms. The van der Waals surface area contributed by atoms with Gasteiger partial charge in [-0.2, -0.15) is 13.2 Å². The van der Waals surface area contributed by atoms with Crippen molar-refractivity contribution in [2.24, 2.45) is 7.05 Å². The maximum absolute atomic E-state index is 12.7. The van der Waals surface area contributed by atoms with Crippen LogP contribution >= 0.6 is 0 Å². The number of aryl methyl sites for hydroxylation is 1. The molecule has 0 unspecified atom stereocenters. The summed E-state index contributed by atoms with van der Waals surface area (Å²) in [6.45, 7) is 1.56. The Morgan fingerprint density at radius 1 is 1.08 bits per heavy atom. The second kappa shape index (κ2) is 11.1. The van der Waals surface area contributed by atoms with E-state index in [0.717, 1.165) is 22.3 Å². The normalized spacial score (nSPS) is 15.0. The van der Waals surface area contributed by atoms with Gasteiger partial charge in [0.15, 0.2) is 0 Å². The summed E-state index contributed by atoms with van der Waals surface area (Å²) in [5.74, 6) is 2.13. The summed E-state index contributed by atoms with van der Waals surface area (Å²) >= 11 is 0. The molecule has 0 aliphatic carbocycles. The molecule has 1 aliphatic rings. The monoisotopic (exact) mass is 537 g/mol. The SMILES string of the molecule is CC(=O)Cc1cc(Oc2ccc3c(c2)nc(Nc2cccc(C4CCN(CC(F)(F)F)CC4)c2)n3C)ccn1. The number of Topliss-reactive ketones (excluding diaryl/α,β-unsaturated/α-hetero) is 1. The van der Waals surface area contributed by atoms with E-state index in [0.29, 0.717) is 49.1 Å². The first-order valence-corrected chi connectivity index (χ1v) is 12.9. The zero-order valence-electron chi connectivity index (χ0n) is 21.8. The van der Waals surface area contributed by atoms with Gasteiger partial charge in [0.2, 0.25) is 5.95 Å². The molecule has 1 saturated heterocycles. The Balaban J connectivity index is 1.28. The first kappa shape index (κ1) is 26.7. The Hall–Kier alpha value is -3.92. The van der Waals surface area contributed by atoms with Crippen LogP contribution in [0.25, 0.3) is 11.0 Å². The fourth-order valence-electron chi connectivity index (χ4n) is 5.04. The van der Waals surface area contributed by atoms with E-state index >= 15 is 0 Å². The molecule has 39 heavy (non-hydrogen) atoms. The predicted octanol–water partition coefficient (Wildman–Crippen LogP) is 6.38. The largest absolute Gasteiger partial charge is 0.457 e. The zero-order valence-corrected chi connectivity index (χ0v) is 21.8. The summed E-state index contributed by atoms with van der Waals surface area (Å²) in [6.07, 6.45) is -0.891. The fraction of sp³-hybridized carbons (Fsp3) is 0.345. The number of carbonyl (C=O) groups is 1. The third kappa shape index (κ3) is 6.75. The van der Waals surface area contributed by atoms with Crippen molar-refractivity contribution in [3.63, 3.8) is 0 Å². The van der Waals surface area contributed by atoms with E-state index in [4.69, 9.17) is 9.72 Å². The van der Waals surface area contributed by atoms with Crippen LogP contribution in [-0.4, -0.2) is 51.0 Å². The molecular formula is C29H30F3N5O2.